The van der Waals surface area contributed by atoms with Crippen LogP contribution in [0.5, 0.6) is 0 Å². The first-order valence-electron chi connectivity index (χ1n) is 9.36. The predicted octanol–water partition coefficient (Wildman–Crippen LogP) is 4.65. The molecule has 2 amide bonds. The number of carbonyl (C=O) groups excluding carboxylic acids is 2. The summed E-state index contributed by atoms with van der Waals surface area (Å²) in [6.45, 7) is 3.73. The fourth-order valence-corrected chi connectivity index (χ4v) is 3.79. The molecule has 0 aliphatic heterocycles. The molecule has 0 fully saturated rings. The zero-order valence-corrected chi connectivity index (χ0v) is 19.5. The van der Waals surface area contributed by atoms with Gasteiger partial charge in [0.15, 0.2) is 5.16 Å². The molecule has 1 heterocycles. The van der Waals surface area contributed by atoms with Crippen molar-refractivity contribution in [2.24, 2.45) is 7.05 Å². The highest BCUT2D eigenvalue weighted by molar-refractivity contribution is 7.99. The van der Waals surface area contributed by atoms with E-state index in [1.165, 1.54) is 11.8 Å². The van der Waals surface area contributed by atoms with E-state index in [2.05, 4.69) is 20.8 Å². The average Bonchev–Trinajstić information content (AvgIpc) is 3.06. The Morgan fingerprint density at radius 2 is 1.81 bits per heavy atom. The fraction of sp³-hybridized carbons (Fsp3) is 0.238. The summed E-state index contributed by atoms with van der Waals surface area (Å²) in [4.78, 5) is 24.6. The van der Waals surface area contributed by atoms with Gasteiger partial charge in [0.25, 0.3) is 0 Å². The third kappa shape index (κ3) is 6.00. The van der Waals surface area contributed by atoms with Gasteiger partial charge in [-0.25, -0.2) is 0 Å². The first-order valence-corrected chi connectivity index (χ1v) is 11.1. The smallest absolute Gasteiger partial charge is 0.234 e. The quantitative estimate of drug-likeness (QED) is 0.483. The molecule has 0 saturated heterocycles. The number of aromatic nitrogens is 3. The number of benzene rings is 2. The molecule has 0 radical (unpaired) electrons. The third-order valence-electron chi connectivity index (χ3n) is 4.57. The van der Waals surface area contributed by atoms with Crippen molar-refractivity contribution in [2.45, 2.75) is 25.4 Å². The lowest BCUT2D eigenvalue weighted by molar-refractivity contribution is -0.116. The molecule has 7 nitrogen and oxygen atoms in total. The van der Waals surface area contributed by atoms with E-state index in [1.54, 1.807) is 41.9 Å². The van der Waals surface area contributed by atoms with Crippen LogP contribution in [0.3, 0.4) is 0 Å². The van der Waals surface area contributed by atoms with Gasteiger partial charge in [-0.15, -0.1) is 10.2 Å². The van der Waals surface area contributed by atoms with Crippen LogP contribution in [0.15, 0.2) is 41.6 Å². The maximum atomic E-state index is 12.4. The number of rotatable bonds is 7. The number of halogens is 2. The minimum atomic E-state index is -0.235. The van der Waals surface area contributed by atoms with Crippen molar-refractivity contribution in [1.82, 2.24) is 14.8 Å². The van der Waals surface area contributed by atoms with Crippen LogP contribution in [0.2, 0.25) is 10.0 Å². The Morgan fingerprint density at radius 1 is 1.03 bits per heavy atom. The average molecular weight is 478 g/mol. The van der Waals surface area contributed by atoms with Gasteiger partial charge in [-0.1, -0.05) is 47.1 Å². The highest BCUT2D eigenvalue weighted by Gasteiger charge is 2.15. The Morgan fingerprint density at radius 3 is 2.55 bits per heavy atom. The van der Waals surface area contributed by atoms with E-state index in [0.717, 1.165) is 11.1 Å². The summed E-state index contributed by atoms with van der Waals surface area (Å²) in [7, 11) is 1.76. The van der Waals surface area contributed by atoms with E-state index in [9.17, 15) is 9.59 Å². The van der Waals surface area contributed by atoms with Crippen molar-refractivity contribution in [3.63, 3.8) is 0 Å². The number of anilines is 2. The SMILES string of the molecule is Cc1ccc(NC(=O)Cc2nnc(SCC(=O)Nc3cccc(Cl)c3C)n2C)cc1Cl. The van der Waals surface area contributed by atoms with Crippen LogP contribution in [-0.2, 0) is 23.1 Å². The third-order valence-corrected chi connectivity index (χ3v) is 6.41. The van der Waals surface area contributed by atoms with Gasteiger partial charge in [-0.3, -0.25) is 9.59 Å². The molecule has 31 heavy (non-hydrogen) atoms. The Bertz CT molecular complexity index is 1130. The monoisotopic (exact) mass is 477 g/mol. The van der Waals surface area contributed by atoms with Crippen LogP contribution in [-0.4, -0.2) is 32.3 Å². The number of hydrogen-bond donors (Lipinski definition) is 2. The first-order chi connectivity index (χ1) is 14.7. The summed E-state index contributed by atoms with van der Waals surface area (Å²) in [5.74, 6) is 0.214. The maximum Gasteiger partial charge on any atom is 0.234 e. The fourth-order valence-electron chi connectivity index (χ4n) is 2.70. The first kappa shape index (κ1) is 23.1. The minimum absolute atomic E-state index is 0.0451. The summed E-state index contributed by atoms with van der Waals surface area (Å²) in [6.07, 6.45) is 0.0451. The standard InChI is InChI=1S/C21H21Cl2N5O2S/c1-12-7-8-14(9-16(12)23)24-19(29)10-18-26-27-21(28(18)3)31-11-20(30)25-17-6-4-5-15(22)13(17)2/h4-9H,10-11H2,1-3H3,(H,24,29)(H,25,30). The van der Waals surface area contributed by atoms with Crippen molar-refractivity contribution in [3.05, 3.63) is 63.4 Å². The molecule has 0 atom stereocenters. The summed E-state index contributed by atoms with van der Waals surface area (Å²) in [5.41, 5.74) is 3.03. The predicted molar refractivity (Wildman–Crippen MR) is 125 cm³/mol. The van der Waals surface area contributed by atoms with Crippen LogP contribution < -0.4 is 10.6 Å². The van der Waals surface area contributed by atoms with Crippen LogP contribution in [0.25, 0.3) is 0 Å². The lowest BCUT2D eigenvalue weighted by Gasteiger charge is -2.09. The lowest BCUT2D eigenvalue weighted by Crippen LogP contribution is -2.17. The minimum Gasteiger partial charge on any atom is -0.326 e. The second-order valence-electron chi connectivity index (χ2n) is 6.90. The Hall–Kier alpha value is -2.55. The van der Waals surface area contributed by atoms with E-state index in [0.29, 0.717) is 32.4 Å². The lowest BCUT2D eigenvalue weighted by atomic mass is 10.2. The molecule has 3 aromatic rings. The number of thioether (sulfide) groups is 1. The topological polar surface area (TPSA) is 88.9 Å². The van der Waals surface area contributed by atoms with Crippen LogP contribution in [0.1, 0.15) is 17.0 Å². The Labute approximate surface area is 194 Å². The molecule has 0 unspecified atom stereocenters. The molecule has 2 aromatic carbocycles. The van der Waals surface area contributed by atoms with Crippen molar-refractivity contribution < 1.29 is 9.59 Å². The molecule has 162 valence electrons. The number of amides is 2. The van der Waals surface area contributed by atoms with Crippen LogP contribution in [0.4, 0.5) is 11.4 Å². The second kappa shape index (κ2) is 10.2. The molecular weight excluding hydrogens is 457 g/mol. The molecule has 0 aliphatic rings. The van der Waals surface area contributed by atoms with Gasteiger partial charge in [0.2, 0.25) is 11.8 Å². The molecule has 0 saturated carbocycles. The number of nitrogens with one attached hydrogen (secondary N) is 2. The van der Waals surface area contributed by atoms with Crippen molar-refractivity contribution in [3.8, 4) is 0 Å². The molecule has 1 aromatic heterocycles. The van der Waals surface area contributed by atoms with E-state index < -0.39 is 0 Å². The largest absolute Gasteiger partial charge is 0.326 e. The molecule has 10 heteroatoms. The zero-order chi connectivity index (χ0) is 22.5. The Balaban J connectivity index is 1.55. The number of nitrogens with zero attached hydrogens (tertiary/aromatic N) is 3. The molecular formula is C21H21Cl2N5O2S. The molecule has 2 N–H and O–H groups in total. The van der Waals surface area contributed by atoms with Gasteiger partial charge in [0, 0.05) is 28.5 Å². The highest BCUT2D eigenvalue weighted by atomic mass is 35.5. The molecule has 0 aliphatic carbocycles. The van der Waals surface area contributed by atoms with Gasteiger partial charge in [0.1, 0.15) is 5.82 Å². The van der Waals surface area contributed by atoms with E-state index in [4.69, 9.17) is 23.2 Å². The van der Waals surface area contributed by atoms with Gasteiger partial charge in [0.05, 0.1) is 12.2 Å². The number of carbonyl (C=O) groups is 2. The Kier molecular flexibility index (Phi) is 7.59. The van der Waals surface area contributed by atoms with E-state index >= 15 is 0 Å². The summed E-state index contributed by atoms with van der Waals surface area (Å²) in [6, 6.07) is 10.7. The van der Waals surface area contributed by atoms with Crippen molar-refractivity contribution >= 4 is 58.2 Å². The second-order valence-corrected chi connectivity index (χ2v) is 8.65. The van der Waals surface area contributed by atoms with Crippen LogP contribution >= 0.6 is 35.0 Å². The molecule has 0 bridgehead atoms. The zero-order valence-electron chi connectivity index (χ0n) is 17.2. The molecule has 0 spiro atoms. The van der Waals surface area contributed by atoms with E-state index in [1.807, 2.05) is 19.9 Å². The normalized spacial score (nSPS) is 10.7. The maximum absolute atomic E-state index is 12.4. The van der Waals surface area contributed by atoms with Crippen LogP contribution in [0, 0.1) is 13.8 Å². The summed E-state index contributed by atoms with van der Waals surface area (Å²) >= 11 is 13.4. The summed E-state index contributed by atoms with van der Waals surface area (Å²) in [5, 5.41) is 15.5. The van der Waals surface area contributed by atoms with E-state index in [-0.39, 0.29) is 24.0 Å². The highest BCUT2D eigenvalue weighted by Crippen LogP contribution is 2.24. The number of aryl methyl sites for hydroxylation is 1. The van der Waals surface area contributed by atoms with Gasteiger partial charge in [-0.2, -0.15) is 0 Å². The van der Waals surface area contributed by atoms with Gasteiger partial charge < -0.3 is 15.2 Å². The number of hydrogen-bond acceptors (Lipinski definition) is 5. The molecule has 3 rings (SSSR count). The van der Waals surface area contributed by atoms with Gasteiger partial charge >= 0.3 is 0 Å². The van der Waals surface area contributed by atoms with Crippen molar-refractivity contribution in [1.29, 1.82) is 0 Å². The van der Waals surface area contributed by atoms with Crippen molar-refractivity contribution in [2.75, 3.05) is 16.4 Å². The van der Waals surface area contributed by atoms with Gasteiger partial charge in [-0.05, 0) is 49.2 Å². The summed E-state index contributed by atoms with van der Waals surface area (Å²) < 4.78 is 1.70.